The van der Waals surface area contributed by atoms with Crippen LogP contribution in [0.1, 0.15) is 24.3 Å². The van der Waals surface area contributed by atoms with Crippen LogP contribution in [-0.4, -0.2) is 40.4 Å². The van der Waals surface area contributed by atoms with Crippen LogP contribution in [0.2, 0.25) is 0 Å². The molecule has 0 saturated heterocycles. The minimum atomic E-state index is -4.47. The molecule has 0 bridgehead atoms. The number of aliphatic hydroxyl groups is 1. The maximum atomic E-state index is 12.7. The van der Waals surface area contributed by atoms with Crippen LogP contribution in [0.4, 0.5) is 13.2 Å². The number of thiophene rings is 1. The average molecular weight is 455 g/mol. The number of benzene rings is 1. The maximum Gasteiger partial charge on any atom is 0.416 e. The normalized spacial score (nSPS) is 12.5. The van der Waals surface area contributed by atoms with Crippen LogP contribution in [0.15, 0.2) is 46.3 Å². The van der Waals surface area contributed by atoms with Gasteiger partial charge in [-0.1, -0.05) is 17.3 Å². The monoisotopic (exact) mass is 455 g/mol. The van der Waals surface area contributed by atoms with E-state index in [0.29, 0.717) is 24.6 Å². The van der Waals surface area contributed by atoms with Crippen molar-refractivity contribution in [2.75, 3.05) is 13.2 Å². The minimum Gasteiger partial charge on any atom is -0.491 e. The first kappa shape index (κ1) is 22.8. The largest absolute Gasteiger partial charge is 0.491 e. The molecule has 0 radical (unpaired) electrons. The fourth-order valence-electron chi connectivity index (χ4n) is 2.60. The molecule has 0 aliphatic rings. The van der Waals surface area contributed by atoms with Crippen molar-refractivity contribution >= 4 is 17.2 Å². The van der Waals surface area contributed by atoms with Gasteiger partial charge in [-0.3, -0.25) is 4.79 Å². The molecule has 3 rings (SSSR count). The standard InChI is InChI=1S/C20H20F3N3O4S/c21-20(22,23)13-4-1-5-15(10-13)29-12-14(27)11-24-17(28)7-2-8-18-25-19(26-30-18)16-6-3-9-31-16/h1,3-6,9-10,14,27H,2,7-8,11-12H2,(H,24,28). The molecule has 0 aliphatic carbocycles. The van der Waals surface area contributed by atoms with Gasteiger partial charge in [0.1, 0.15) is 18.5 Å². The van der Waals surface area contributed by atoms with Gasteiger partial charge in [-0.25, -0.2) is 0 Å². The number of halogens is 3. The van der Waals surface area contributed by atoms with Crippen molar-refractivity contribution in [3.05, 3.63) is 53.2 Å². The van der Waals surface area contributed by atoms with E-state index in [4.69, 9.17) is 9.26 Å². The first-order valence-electron chi connectivity index (χ1n) is 9.42. The number of alkyl halides is 3. The van der Waals surface area contributed by atoms with Gasteiger partial charge in [0.25, 0.3) is 0 Å². The number of aromatic nitrogens is 2. The van der Waals surface area contributed by atoms with Crippen molar-refractivity contribution in [1.82, 2.24) is 15.5 Å². The Morgan fingerprint density at radius 1 is 1.29 bits per heavy atom. The van der Waals surface area contributed by atoms with Gasteiger partial charge in [0.2, 0.25) is 17.6 Å². The number of ether oxygens (including phenoxy) is 1. The number of amides is 1. The van der Waals surface area contributed by atoms with E-state index in [-0.39, 0.29) is 31.2 Å². The number of carbonyl (C=O) groups excluding carboxylic acids is 1. The highest BCUT2D eigenvalue weighted by Gasteiger charge is 2.30. The molecule has 3 aromatic rings. The Bertz CT molecular complexity index is 976. The van der Waals surface area contributed by atoms with E-state index in [9.17, 15) is 23.1 Å². The van der Waals surface area contributed by atoms with E-state index >= 15 is 0 Å². The van der Waals surface area contributed by atoms with Crippen LogP contribution in [0, 0.1) is 0 Å². The van der Waals surface area contributed by atoms with Gasteiger partial charge >= 0.3 is 6.18 Å². The smallest absolute Gasteiger partial charge is 0.416 e. The molecule has 0 fully saturated rings. The SMILES string of the molecule is O=C(CCCc1nc(-c2cccs2)no1)NCC(O)COc1cccc(C(F)(F)F)c1. The molecule has 2 N–H and O–H groups in total. The third-order valence-electron chi connectivity index (χ3n) is 4.14. The van der Waals surface area contributed by atoms with Crippen LogP contribution < -0.4 is 10.1 Å². The van der Waals surface area contributed by atoms with Crippen molar-refractivity contribution in [2.45, 2.75) is 31.5 Å². The molecule has 11 heteroatoms. The highest BCUT2D eigenvalue weighted by molar-refractivity contribution is 7.13. The fourth-order valence-corrected chi connectivity index (χ4v) is 3.25. The summed E-state index contributed by atoms with van der Waals surface area (Å²) in [5.74, 6) is 0.654. The topological polar surface area (TPSA) is 97.5 Å². The number of hydrogen-bond acceptors (Lipinski definition) is 7. The molecule has 0 aliphatic heterocycles. The number of carbonyl (C=O) groups is 1. The van der Waals surface area contributed by atoms with Crippen molar-refractivity contribution in [3.63, 3.8) is 0 Å². The summed E-state index contributed by atoms with van der Waals surface area (Å²) in [5.41, 5.74) is -0.837. The predicted molar refractivity (Wildman–Crippen MR) is 107 cm³/mol. The van der Waals surface area contributed by atoms with Gasteiger partial charge in [-0.05, 0) is 36.1 Å². The summed E-state index contributed by atoms with van der Waals surface area (Å²) in [6.45, 7) is -0.337. The second-order valence-electron chi connectivity index (χ2n) is 6.64. The molecular formula is C20H20F3N3O4S. The summed E-state index contributed by atoms with van der Waals surface area (Å²) in [7, 11) is 0. The van der Waals surface area contributed by atoms with Gasteiger partial charge in [-0.2, -0.15) is 18.2 Å². The molecule has 0 saturated carbocycles. The minimum absolute atomic E-state index is 0.0123. The third kappa shape index (κ3) is 7.07. The lowest BCUT2D eigenvalue weighted by atomic mass is 10.2. The number of aryl methyl sites for hydroxylation is 1. The highest BCUT2D eigenvalue weighted by atomic mass is 32.1. The van der Waals surface area contributed by atoms with Crippen LogP contribution in [0.5, 0.6) is 5.75 Å². The van der Waals surface area contributed by atoms with Crippen LogP contribution in [-0.2, 0) is 17.4 Å². The number of nitrogens with zero attached hydrogens (tertiary/aromatic N) is 2. The Kier molecular flexibility index (Phi) is 7.64. The maximum absolute atomic E-state index is 12.7. The molecule has 1 unspecified atom stereocenters. The zero-order valence-corrected chi connectivity index (χ0v) is 17.1. The van der Waals surface area contributed by atoms with Crippen LogP contribution in [0.25, 0.3) is 10.7 Å². The van der Waals surface area contributed by atoms with Gasteiger partial charge < -0.3 is 19.7 Å². The first-order chi connectivity index (χ1) is 14.8. The average Bonchev–Trinajstić information content (AvgIpc) is 3.42. The lowest BCUT2D eigenvalue weighted by molar-refractivity contribution is -0.137. The van der Waals surface area contributed by atoms with E-state index in [1.54, 1.807) is 0 Å². The summed E-state index contributed by atoms with van der Waals surface area (Å²) in [6.07, 6.45) is -4.43. The number of aliphatic hydroxyl groups excluding tert-OH is 1. The molecule has 1 aromatic carbocycles. The van der Waals surface area contributed by atoms with Crippen molar-refractivity contribution < 1.29 is 32.3 Å². The molecule has 1 amide bonds. The lowest BCUT2D eigenvalue weighted by Gasteiger charge is -2.14. The van der Waals surface area contributed by atoms with Crippen molar-refractivity contribution in [2.24, 2.45) is 0 Å². The van der Waals surface area contributed by atoms with Crippen LogP contribution in [0.3, 0.4) is 0 Å². The molecule has 166 valence electrons. The van der Waals surface area contributed by atoms with Crippen molar-refractivity contribution in [1.29, 1.82) is 0 Å². The Morgan fingerprint density at radius 3 is 2.87 bits per heavy atom. The first-order valence-corrected chi connectivity index (χ1v) is 10.3. The Labute approximate surface area is 179 Å². The quantitative estimate of drug-likeness (QED) is 0.484. The van der Waals surface area contributed by atoms with Gasteiger partial charge in [0.05, 0.1) is 10.4 Å². The third-order valence-corrected chi connectivity index (χ3v) is 5.01. The molecule has 1 atom stereocenters. The highest BCUT2D eigenvalue weighted by Crippen LogP contribution is 2.31. The second kappa shape index (κ2) is 10.4. The fraction of sp³-hybridized carbons (Fsp3) is 0.350. The Hall–Kier alpha value is -2.92. The zero-order valence-electron chi connectivity index (χ0n) is 16.3. The van der Waals surface area contributed by atoms with Gasteiger partial charge in [0, 0.05) is 19.4 Å². The molecule has 7 nitrogen and oxygen atoms in total. The number of nitrogens with one attached hydrogen (secondary N) is 1. The summed E-state index contributed by atoms with van der Waals surface area (Å²) in [6, 6.07) is 8.14. The molecule has 2 heterocycles. The predicted octanol–water partition coefficient (Wildman–Crippen LogP) is 3.70. The van der Waals surface area contributed by atoms with Crippen molar-refractivity contribution in [3.8, 4) is 16.5 Å². The van der Waals surface area contributed by atoms with E-state index in [2.05, 4.69) is 15.5 Å². The van der Waals surface area contributed by atoms with Crippen LogP contribution >= 0.6 is 11.3 Å². The summed E-state index contributed by atoms with van der Waals surface area (Å²) in [4.78, 5) is 17.1. The summed E-state index contributed by atoms with van der Waals surface area (Å²) < 4.78 is 48.4. The van der Waals surface area contributed by atoms with E-state index in [1.807, 2.05) is 17.5 Å². The molecule has 31 heavy (non-hydrogen) atoms. The van der Waals surface area contributed by atoms with E-state index in [1.165, 1.54) is 23.5 Å². The Morgan fingerprint density at radius 2 is 2.13 bits per heavy atom. The zero-order chi connectivity index (χ0) is 22.3. The summed E-state index contributed by atoms with van der Waals surface area (Å²) in [5, 5.41) is 18.3. The molecule has 2 aromatic heterocycles. The van der Waals surface area contributed by atoms with E-state index < -0.39 is 17.8 Å². The lowest BCUT2D eigenvalue weighted by Crippen LogP contribution is -2.35. The number of rotatable bonds is 10. The molecular weight excluding hydrogens is 435 g/mol. The van der Waals surface area contributed by atoms with Gasteiger partial charge in [-0.15, -0.1) is 11.3 Å². The molecule has 0 spiro atoms. The Balaban J connectivity index is 1.33. The number of hydrogen-bond donors (Lipinski definition) is 2. The second-order valence-corrected chi connectivity index (χ2v) is 7.58. The van der Waals surface area contributed by atoms with Gasteiger partial charge in [0.15, 0.2) is 0 Å². The summed E-state index contributed by atoms with van der Waals surface area (Å²) >= 11 is 1.50. The van der Waals surface area contributed by atoms with E-state index in [0.717, 1.165) is 17.0 Å².